The van der Waals surface area contributed by atoms with Gasteiger partial charge in [0.1, 0.15) is 0 Å². The molecular weight excluding hydrogens is 464 g/mol. The van der Waals surface area contributed by atoms with Gasteiger partial charge >= 0.3 is 145 Å². The molecule has 0 spiro atoms. The Labute approximate surface area is 144 Å². The molecule has 0 aliphatic heterocycles. The van der Waals surface area contributed by atoms with E-state index in [4.69, 9.17) is 8.25 Å². The van der Waals surface area contributed by atoms with E-state index < -0.39 is 21.8 Å². The zero-order valence-corrected chi connectivity index (χ0v) is 20.2. The minimum atomic E-state index is -1.93. The molecule has 117 valence electrons. The normalized spacial score (nSPS) is 10.8. The molecule has 0 saturated heterocycles. The van der Waals surface area contributed by atoms with Crippen LogP contribution in [0.3, 0.4) is 0 Å². The molecule has 0 saturated carbocycles. The standard InChI is InChI=1S/C12H25.C7H7.ClH.Hg/c1-3-5-7-9-11-12-10-8-6-4-2;1-7-5-3-2-4-6-7;;/h1,3-12H2,2H3;2-6H,1H2;1H;/q;;;+1/p-1. The molecule has 1 aromatic carbocycles. The Morgan fingerprint density at radius 1 is 0.762 bits per heavy atom. The van der Waals surface area contributed by atoms with E-state index in [0.29, 0.717) is 0 Å². The van der Waals surface area contributed by atoms with Crippen LogP contribution in [0.15, 0.2) is 30.3 Å². The molecule has 21 heavy (non-hydrogen) atoms. The molecular formula is C19H32ClHg. The molecule has 0 aliphatic rings. The number of benzene rings is 1. The molecule has 0 aliphatic carbocycles. The van der Waals surface area contributed by atoms with E-state index >= 15 is 0 Å². The summed E-state index contributed by atoms with van der Waals surface area (Å²) >= 11 is -1.93. The van der Waals surface area contributed by atoms with Crippen LogP contribution in [0.25, 0.3) is 0 Å². The molecule has 0 unspecified atom stereocenters. The molecule has 0 amide bonds. The molecule has 0 heterocycles. The molecule has 1 aromatic rings. The van der Waals surface area contributed by atoms with Crippen molar-refractivity contribution in [2.45, 2.75) is 79.0 Å². The Morgan fingerprint density at radius 2 is 1.29 bits per heavy atom. The van der Waals surface area contributed by atoms with E-state index in [2.05, 4.69) is 37.3 Å². The first kappa shape index (κ1) is 19.5. The maximum atomic E-state index is 6.66. The summed E-state index contributed by atoms with van der Waals surface area (Å²) in [7, 11) is 6.66. The van der Waals surface area contributed by atoms with Gasteiger partial charge in [-0.05, 0) is 0 Å². The van der Waals surface area contributed by atoms with E-state index in [-0.39, 0.29) is 0 Å². The van der Waals surface area contributed by atoms with Crippen molar-refractivity contribution in [3.05, 3.63) is 35.9 Å². The third-order valence-electron chi connectivity index (χ3n) is 4.39. The molecule has 1 rings (SSSR count). The molecule has 0 radical (unpaired) electrons. The third-order valence-corrected chi connectivity index (χ3v) is 17.7. The van der Waals surface area contributed by atoms with Gasteiger partial charge < -0.3 is 0 Å². The Morgan fingerprint density at radius 3 is 1.86 bits per heavy atom. The molecule has 0 fully saturated rings. The fourth-order valence-electron chi connectivity index (χ4n) is 3.02. The third kappa shape index (κ3) is 11.6. The van der Waals surface area contributed by atoms with Crippen molar-refractivity contribution in [2.75, 3.05) is 0 Å². The number of halogens is 1. The second-order valence-electron chi connectivity index (χ2n) is 6.50. The molecule has 0 bridgehead atoms. The fourth-order valence-corrected chi connectivity index (χ4v) is 14.8. The van der Waals surface area contributed by atoms with Crippen molar-refractivity contribution in [1.29, 1.82) is 0 Å². The predicted molar refractivity (Wildman–Crippen MR) is 92.7 cm³/mol. The number of hydrogen-bond donors (Lipinski definition) is 0. The van der Waals surface area contributed by atoms with Crippen molar-refractivity contribution in [2.24, 2.45) is 0 Å². The van der Waals surface area contributed by atoms with Crippen LogP contribution in [-0.2, 0) is 25.7 Å². The van der Waals surface area contributed by atoms with E-state index in [1.807, 2.05) is 0 Å². The molecule has 0 atom stereocenters. The van der Waals surface area contributed by atoms with Crippen LogP contribution in [0.5, 0.6) is 0 Å². The average molecular weight is 497 g/mol. The molecule has 0 aromatic heterocycles. The zero-order chi connectivity index (χ0) is 15.2. The van der Waals surface area contributed by atoms with Gasteiger partial charge in [0.05, 0.1) is 0 Å². The van der Waals surface area contributed by atoms with Gasteiger partial charge in [-0.1, -0.05) is 0 Å². The van der Waals surface area contributed by atoms with E-state index in [0.717, 1.165) is 0 Å². The summed E-state index contributed by atoms with van der Waals surface area (Å²) in [4.78, 5) is 0. The molecule has 0 N–H and O–H groups in total. The first-order valence-corrected chi connectivity index (χ1v) is 23.8. The van der Waals surface area contributed by atoms with Crippen molar-refractivity contribution >= 4 is 8.25 Å². The average Bonchev–Trinajstić information content (AvgIpc) is 2.50. The second-order valence-corrected chi connectivity index (χ2v) is 23.5. The second kappa shape index (κ2) is 14.1. The predicted octanol–water partition coefficient (Wildman–Crippen LogP) is 7.30. The maximum absolute atomic E-state index is 6.66. The van der Waals surface area contributed by atoms with E-state index in [1.54, 1.807) is 0 Å². The monoisotopic (exact) mass is 497 g/mol. The fraction of sp³-hybridized carbons (Fsp3) is 0.684. The Hall–Kier alpha value is 0.445. The van der Waals surface area contributed by atoms with Gasteiger partial charge in [0.15, 0.2) is 0 Å². The van der Waals surface area contributed by atoms with Gasteiger partial charge in [-0.25, -0.2) is 0 Å². The van der Waals surface area contributed by atoms with Crippen LogP contribution < -0.4 is 0 Å². The Balaban J connectivity index is 1.87. The van der Waals surface area contributed by atoms with Crippen LogP contribution in [0.1, 0.15) is 76.7 Å². The molecule has 2 heteroatoms. The topological polar surface area (TPSA) is 0 Å². The van der Waals surface area contributed by atoms with Crippen LogP contribution in [-0.4, -0.2) is 0 Å². The SMILES string of the molecule is CCCCCCCCCCC[CH2][Hg]([Cl])[CH2]c1ccccc1. The summed E-state index contributed by atoms with van der Waals surface area (Å²) in [6.45, 7) is 2.29. The van der Waals surface area contributed by atoms with Crippen molar-refractivity contribution in [3.8, 4) is 0 Å². The van der Waals surface area contributed by atoms with Crippen LogP contribution in [0.2, 0.25) is 3.93 Å². The van der Waals surface area contributed by atoms with Crippen LogP contribution in [0, 0.1) is 0 Å². The summed E-state index contributed by atoms with van der Waals surface area (Å²) in [5, 5.41) is 0. The van der Waals surface area contributed by atoms with E-state index in [9.17, 15) is 0 Å². The first-order valence-electron chi connectivity index (χ1n) is 9.24. The summed E-state index contributed by atoms with van der Waals surface area (Å²) in [6.07, 6.45) is 14.2. The Bertz CT molecular complexity index is 326. The van der Waals surface area contributed by atoms with Gasteiger partial charge in [0.25, 0.3) is 0 Å². The van der Waals surface area contributed by atoms with Gasteiger partial charge in [0, 0.05) is 0 Å². The minimum absolute atomic E-state index is 1.25. The quantitative estimate of drug-likeness (QED) is 0.199. The summed E-state index contributed by atoms with van der Waals surface area (Å²) in [5.74, 6) is 0. The van der Waals surface area contributed by atoms with Gasteiger partial charge in [-0.3, -0.25) is 0 Å². The van der Waals surface area contributed by atoms with Gasteiger partial charge in [-0.15, -0.1) is 0 Å². The number of hydrogen-bond acceptors (Lipinski definition) is 0. The van der Waals surface area contributed by atoms with Gasteiger partial charge in [0.2, 0.25) is 0 Å². The van der Waals surface area contributed by atoms with Crippen molar-refractivity contribution < 1.29 is 21.8 Å². The van der Waals surface area contributed by atoms with Gasteiger partial charge in [-0.2, -0.15) is 0 Å². The van der Waals surface area contributed by atoms with Crippen molar-refractivity contribution in [1.82, 2.24) is 0 Å². The van der Waals surface area contributed by atoms with Crippen molar-refractivity contribution in [3.63, 3.8) is 0 Å². The van der Waals surface area contributed by atoms with E-state index in [1.165, 1.54) is 77.6 Å². The Kier molecular flexibility index (Phi) is 13.1. The summed E-state index contributed by atoms with van der Waals surface area (Å²) < 4.78 is 2.64. The molecule has 0 nitrogen and oxygen atoms in total. The summed E-state index contributed by atoms with van der Waals surface area (Å²) in [6, 6.07) is 10.8. The number of unbranched alkanes of at least 4 members (excludes halogenated alkanes) is 9. The van der Waals surface area contributed by atoms with Crippen LogP contribution >= 0.6 is 8.25 Å². The summed E-state index contributed by atoms with van der Waals surface area (Å²) in [5.41, 5.74) is 1.47. The zero-order valence-electron chi connectivity index (χ0n) is 14.0. The van der Waals surface area contributed by atoms with Crippen LogP contribution in [0.4, 0.5) is 0 Å². The first-order chi connectivity index (χ1) is 10.3. The number of rotatable bonds is 13.